The van der Waals surface area contributed by atoms with Gasteiger partial charge in [0.2, 0.25) is 12.0 Å². The molecule has 0 aliphatic carbocycles. The molecule has 0 saturated carbocycles. The van der Waals surface area contributed by atoms with Crippen LogP contribution in [0.25, 0.3) is 22.3 Å². The standard InChI is InChI=1S/C26H28O14/c27-8-18-20(33)21(34)24(40-25-22(35)19(32)15(31)9-36-25)26(39-18)38-17-7-13-14(30)5-12(29)6-16(13)37-23(17)10-1-3-11(28)4-2-10/h1-7,15,18-22,24-27,31-35H,8-9H2,(H2-,28,29,30)/p+1/t15-,18-,19+,20-,21+,22-,24-,25+,26+/m1/s1. The number of benzene rings is 2. The first-order chi connectivity index (χ1) is 19.1. The molecule has 9 N–H and O–H groups in total. The van der Waals surface area contributed by atoms with Crippen molar-refractivity contribution >= 4 is 11.0 Å². The molecule has 0 bridgehead atoms. The Morgan fingerprint density at radius 1 is 0.825 bits per heavy atom. The summed E-state index contributed by atoms with van der Waals surface area (Å²) < 4.78 is 28.6. The number of aliphatic hydroxyl groups excluding tert-OH is 6. The lowest BCUT2D eigenvalue weighted by molar-refractivity contribution is -0.344. The first-order valence-electron chi connectivity index (χ1n) is 12.3. The van der Waals surface area contributed by atoms with Gasteiger partial charge < -0.3 is 64.9 Å². The van der Waals surface area contributed by atoms with E-state index in [4.69, 9.17) is 23.4 Å². The Bertz CT molecular complexity index is 1330. The van der Waals surface area contributed by atoms with E-state index >= 15 is 0 Å². The lowest BCUT2D eigenvalue weighted by atomic mass is 9.98. The van der Waals surface area contributed by atoms with E-state index in [1.54, 1.807) is 0 Å². The van der Waals surface area contributed by atoms with Gasteiger partial charge in [0.1, 0.15) is 59.3 Å². The predicted molar refractivity (Wildman–Crippen MR) is 132 cm³/mol. The minimum atomic E-state index is -1.75. The van der Waals surface area contributed by atoms with Crippen molar-refractivity contribution in [1.29, 1.82) is 0 Å². The number of aliphatic hydroxyl groups is 6. The molecule has 0 radical (unpaired) electrons. The highest BCUT2D eigenvalue weighted by Crippen LogP contribution is 2.41. The lowest BCUT2D eigenvalue weighted by Crippen LogP contribution is -2.63. The molecule has 0 amide bonds. The van der Waals surface area contributed by atoms with Crippen molar-refractivity contribution in [2.45, 2.75) is 55.3 Å². The molecule has 2 saturated heterocycles. The third-order valence-electron chi connectivity index (χ3n) is 6.76. The fourth-order valence-electron chi connectivity index (χ4n) is 4.56. The van der Waals surface area contributed by atoms with Gasteiger partial charge in [-0.05, 0) is 24.3 Å². The molecule has 14 heteroatoms. The monoisotopic (exact) mass is 565 g/mol. The van der Waals surface area contributed by atoms with Crippen LogP contribution >= 0.6 is 0 Å². The normalized spacial score (nSPS) is 32.7. The van der Waals surface area contributed by atoms with Crippen LogP contribution in [0, 0.1) is 0 Å². The molecule has 0 spiro atoms. The van der Waals surface area contributed by atoms with Crippen LogP contribution in [0.2, 0.25) is 0 Å². The van der Waals surface area contributed by atoms with Gasteiger partial charge in [-0.1, -0.05) is 0 Å². The van der Waals surface area contributed by atoms with Gasteiger partial charge >= 0.3 is 11.3 Å². The highest BCUT2D eigenvalue weighted by Gasteiger charge is 2.50. The molecule has 40 heavy (non-hydrogen) atoms. The molecule has 0 unspecified atom stereocenters. The number of ether oxygens (including phenoxy) is 4. The van der Waals surface area contributed by atoms with Crippen LogP contribution in [-0.2, 0) is 14.2 Å². The van der Waals surface area contributed by atoms with Crippen LogP contribution in [0.5, 0.6) is 23.0 Å². The van der Waals surface area contributed by atoms with Gasteiger partial charge in [0.05, 0.1) is 24.8 Å². The van der Waals surface area contributed by atoms with Crippen LogP contribution in [0.15, 0.2) is 46.9 Å². The molecule has 1 aromatic heterocycles. The van der Waals surface area contributed by atoms with E-state index in [1.807, 2.05) is 0 Å². The summed E-state index contributed by atoms with van der Waals surface area (Å²) in [6.45, 7) is -1.12. The van der Waals surface area contributed by atoms with Crippen molar-refractivity contribution < 1.29 is 69.3 Å². The van der Waals surface area contributed by atoms with E-state index in [1.165, 1.54) is 36.4 Å². The molecule has 9 atom stereocenters. The molecule has 2 fully saturated rings. The van der Waals surface area contributed by atoms with Crippen molar-refractivity contribution in [3.8, 4) is 34.3 Å². The number of aromatic hydroxyl groups is 3. The maximum atomic E-state index is 10.9. The van der Waals surface area contributed by atoms with Crippen LogP contribution in [0.1, 0.15) is 0 Å². The topological polar surface area (TPSA) is 230 Å². The fourth-order valence-corrected chi connectivity index (χ4v) is 4.56. The summed E-state index contributed by atoms with van der Waals surface area (Å²) >= 11 is 0. The predicted octanol–water partition coefficient (Wildman–Crippen LogP) is -0.860. The van der Waals surface area contributed by atoms with Crippen molar-refractivity contribution in [2.24, 2.45) is 0 Å². The Hall–Kier alpha value is -3.31. The van der Waals surface area contributed by atoms with E-state index in [2.05, 4.69) is 0 Å². The van der Waals surface area contributed by atoms with Gasteiger partial charge in [0, 0.05) is 12.1 Å². The summed E-state index contributed by atoms with van der Waals surface area (Å²) in [6.07, 6.45) is -14.3. The number of rotatable bonds is 6. The molecular weight excluding hydrogens is 536 g/mol. The highest BCUT2D eigenvalue weighted by atomic mass is 16.8. The lowest BCUT2D eigenvalue weighted by Gasteiger charge is -2.44. The van der Waals surface area contributed by atoms with E-state index in [9.17, 15) is 46.0 Å². The number of phenolic OH excluding ortho intramolecular Hbond substituents is 3. The van der Waals surface area contributed by atoms with Crippen molar-refractivity contribution in [3.63, 3.8) is 0 Å². The Labute approximate surface area is 226 Å². The molecule has 2 aliphatic heterocycles. The smallest absolute Gasteiger partial charge is 0.402 e. The van der Waals surface area contributed by atoms with Crippen LogP contribution in [-0.4, -0.2) is 114 Å². The molecule has 3 aromatic rings. The summed E-state index contributed by atoms with van der Waals surface area (Å²) in [5.41, 5.74) is 0.452. The van der Waals surface area contributed by atoms with E-state index < -0.39 is 68.5 Å². The van der Waals surface area contributed by atoms with Crippen molar-refractivity contribution in [1.82, 2.24) is 0 Å². The maximum Gasteiger partial charge on any atom is 0.402 e. The third-order valence-corrected chi connectivity index (χ3v) is 6.76. The zero-order valence-electron chi connectivity index (χ0n) is 20.7. The van der Waals surface area contributed by atoms with Crippen LogP contribution in [0.4, 0.5) is 0 Å². The SMILES string of the molecule is OC[C@H]1O[C@H](Oc2cc3c(O)cc(O)cc3[o+]c2-c2ccc(O)cc2)[C@H](O[C@@H]2OC[C@@H](O)[C@H](O)[C@H]2O)[C@@H](O)[C@@H]1O. The molecule has 2 aliphatic rings. The second-order valence-electron chi connectivity index (χ2n) is 9.54. The molecule has 2 aromatic carbocycles. The number of hydrogen-bond acceptors (Lipinski definition) is 13. The Morgan fingerprint density at radius 3 is 2.25 bits per heavy atom. The first kappa shape index (κ1) is 28.2. The third kappa shape index (κ3) is 5.36. The average Bonchev–Trinajstić information content (AvgIpc) is 2.93. The molecular formula is C26H29O14+. The number of fused-ring (bicyclic) bond motifs is 1. The van der Waals surface area contributed by atoms with E-state index in [0.29, 0.717) is 5.56 Å². The van der Waals surface area contributed by atoms with E-state index in [-0.39, 0.29) is 39.7 Å². The van der Waals surface area contributed by atoms with Crippen LogP contribution < -0.4 is 4.74 Å². The second kappa shape index (κ2) is 11.3. The van der Waals surface area contributed by atoms with Gasteiger partial charge in [-0.2, -0.15) is 0 Å². The molecule has 216 valence electrons. The number of hydrogen-bond donors (Lipinski definition) is 9. The van der Waals surface area contributed by atoms with E-state index in [0.717, 1.165) is 6.07 Å². The van der Waals surface area contributed by atoms with Gasteiger partial charge in [-0.15, -0.1) is 0 Å². The first-order valence-corrected chi connectivity index (χ1v) is 12.3. The zero-order valence-corrected chi connectivity index (χ0v) is 20.7. The zero-order chi connectivity index (χ0) is 28.7. The summed E-state index contributed by atoms with van der Waals surface area (Å²) in [4.78, 5) is 0. The quantitative estimate of drug-likeness (QED) is 0.166. The van der Waals surface area contributed by atoms with Crippen molar-refractivity contribution in [3.05, 3.63) is 42.5 Å². The average molecular weight is 566 g/mol. The maximum absolute atomic E-state index is 10.9. The van der Waals surface area contributed by atoms with Crippen LogP contribution in [0.3, 0.4) is 0 Å². The van der Waals surface area contributed by atoms with Crippen molar-refractivity contribution in [2.75, 3.05) is 13.2 Å². The van der Waals surface area contributed by atoms with Gasteiger partial charge in [0.15, 0.2) is 12.4 Å². The summed E-state index contributed by atoms with van der Waals surface area (Å²) in [6, 6.07) is 9.45. The largest absolute Gasteiger partial charge is 0.508 e. The fraction of sp³-hybridized carbons (Fsp3) is 0.423. The molecule has 14 nitrogen and oxygen atoms in total. The van der Waals surface area contributed by atoms with Gasteiger partial charge in [-0.25, -0.2) is 4.42 Å². The van der Waals surface area contributed by atoms with Gasteiger partial charge in [0.25, 0.3) is 0 Å². The summed E-state index contributed by atoms with van der Waals surface area (Å²) in [7, 11) is 0. The Kier molecular flexibility index (Phi) is 7.96. The minimum Gasteiger partial charge on any atom is -0.508 e. The summed E-state index contributed by atoms with van der Waals surface area (Å²) in [5.74, 6) is -0.711. The highest BCUT2D eigenvalue weighted by molar-refractivity contribution is 5.88. The molecule has 5 rings (SSSR count). The van der Waals surface area contributed by atoms with Gasteiger partial charge in [-0.3, -0.25) is 0 Å². The number of phenols is 3. The minimum absolute atomic E-state index is 0.0346. The second-order valence-corrected chi connectivity index (χ2v) is 9.54. The summed E-state index contributed by atoms with van der Waals surface area (Å²) in [5, 5.41) is 91.4. The molecule has 3 heterocycles. The Balaban J connectivity index is 1.55. The Morgan fingerprint density at radius 2 is 1.55 bits per heavy atom.